The third kappa shape index (κ3) is 2.79. The number of hydrogen-bond acceptors (Lipinski definition) is 5. The van der Waals surface area contributed by atoms with Gasteiger partial charge in [-0.2, -0.15) is 4.72 Å². The maximum absolute atomic E-state index is 12.0. The SMILES string of the molecule is CCC(C)(NS(=O)(=O)c1sc(=O)[nH]c1C)C(=O)O. The predicted molar refractivity (Wildman–Crippen MR) is 66.3 cm³/mol. The number of carbonyl (C=O) groups is 1. The highest BCUT2D eigenvalue weighted by Gasteiger charge is 2.37. The fourth-order valence-corrected chi connectivity index (χ4v) is 4.00. The van der Waals surface area contributed by atoms with Gasteiger partial charge in [0, 0.05) is 5.69 Å². The van der Waals surface area contributed by atoms with Crippen molar-refractivity contribution in [3.05, 3.63) is 15.4 Å². The van der Waals surface area contributed by atoms with Gasteiger partial charge in [0.1, 0.15) is 5.54 Å². The number of aromatic amines is 1. The number of carboxylic acids is 1. The first-order valence-electron chi connectivity index (χ1n) is 5.09. The highest BCUT2D eigenvalue weighted by atomic mass is 32.2. The van der Waals surface area contributed by atoms with E-state index in [0.29, 0.717) is 11.3 Å². The molecule has 0 aliphatic rings. The van der Waals surface area contributed by atoms with Crippen LogP contribution in [0.2, 0.25) is 0 Å². The minimum atomic E-state index is -4.03. The smallest absolute Gasteiger partial charge is 0.324 e. The second kappa shape index (κ2) is 4.82. The van der Waals surface area contributed by atoms with E-state index in [1.54, 1.807) is 6.92 Å². The summed E-state index contributed by atoms with van der Waals surface area (Å²) < 4.78 is 26.0. The van der Waals surface area contributed by atoms with Gasteiger partial charge in [-0.15, -0.1) is 0 Å². The van der Waals surface area contributed by atoms with Crippen molar-refractivity contribution in [2.45, 2.75) is 36.9 Å². The first-order valence-corrected chi connectivity index (χ1v) is 7.39. The lowest BCUT2D eigenvalue weighted by Gasteiger charge is -2.23. The van der Waals surface area contributed by atoms with E-state index in [1.807, 2.05) is 0 Å². The van der Waals surface area contributed by atoms with E-state index in [4.69, 9.17) is 5.11 Å². The summed E-state index contributed by atoms with van der Waals surface area (Å²) in [6, 6.07) is 0. The van der Waals surface area contributed by atoms with Gasteiger partial charge in [0.05, 0.1) is 0 Å². The standard InChI is InChI=1S/C9H14N2O5S2/c1-4-9(3,7(12)13)11-18(15,16)6-5(2)10-8(14)17-6/h11H,4H2,1-3H3,(H,10,14)(H,12,13). The third-order valence-corrected chi connectivity index (χ3v) is 5.76. The average molecular weight is 294 g/mol. The predicted octanol–water partition coefficient (Wildman–Crippen LogP) is 0.276. The number of rotatable bonds is 5. The summed E-state index contributed by atoms with van der Waals surface area (Å²) in [6.45, 7) is 4.28. The summed E-state index contributed by atoms with van der Waals surface area (Å²) >= 11 is 0.530. The number of hydrogen-bond donors (Lipinski definition) is 3. The van der Waals surface area contributed by atoms with Crippen molar-refractivity contribution in [1.29, 1.82) is 0 Å². The van der Waals surface area contributed by atoms with Crippen molar-refractivity contribution >= 4 is 27.3 Å². The monoisotopic (exact) mass is 294 g/mol. The zero-order chi connectivity index (χ0) is 14.1. The molecule has 1 atom stereocenters. The Hall–Kier alpha value is -1.19. The number of nitrogens with one attached hydrogen (secondary N) is 2. The van der Waals surface area contributed by atoms with Crippen molar-refractivity contribution in [2.75, 3.05) is 0 Å². The molecule has 1 aromatic heterocycles. The molecule has 102 valence electrons. The van der Waals surface area contributed by atoms with E-state index in [0.717, 1.165) is 0 Å². The average Bonchev–Trinajstić information content (AvgIpc) is 2.57. The van der Waals surface area contributed by atoms with Crippen LogP contribution in [0.15, 0.2) is 9.00 Å². The molecule has 1 unspecified atom stereocenters. The van der Waals surface area contributed by atoms with Gasteiger partial charge in [-0.05, 0) is 20.3 Å². The van der Waals surface area contributed by atoms with Gasteiger partial charge in [-0.25, -0.2) is 8.42 Å². The molecule has 18 heavy (non-hydrogen) atoms. The molecular formula is C9H14N2O5S2. The van der Waals surface area contributed by atoms with Crippen LogP contribution in [0.25, 0.3) is 0 Å². The lowest BCUT2D eigenvalue weighted by molar-refractivity contribution is -0.143. The van der Waals surface area contributed by atoms with E-state index < -0.39 is 26.4 Å². The topological polar surface area (TPSA) is 116 Å². The van der Waals surface area contributed by atoms with Gasteiger partial charge in [-0.1, -0.05) is 18.3 Å². The highest BCUT2D eigenvalue weighted by molar-refractivity contribution is 7.91. The number of aliphatic carboxylic acids is 1. The van der Waals surface area contributed by atoms with Gasteiger partial charge in [0.2, 0.25) is 0 Å². The second-order valence-corrected chi connectivity index (χ2v) is 6.88. The summed E-state index contributed by atoms with van der Waals surface area (Å²) in [4.78, 5) is 24.0. The van der Waals surface area contributed by atoms with Crippen molar-refractivity contribution in [2.24, 2.45) is 0 Å². The molecule has 0 aliphatic carbocycles. The van der Waals surface area contributed by atoms with Gasteiger partial charge in [-0.3, -0.25) is 9.59 Å². The number of thiazole rings is 1. The van der Waals surface area contributed by atoms with Crippen LogP contribution in [0.5, 0.6) is 0 Å². The molecular weight excluding hydrogens is 280 g/mol. The minimum Gasteiger partial charge on any atom is -0.480 e. The summed E-state index contributed by atoms with van der Waals surface area (Å²) in [5.41, 5.74) is -1.40. The maximum Gasteiger partial charge on any atom is 0.324 e. The third-order valence-electron chi connectivity index (χ3n) is 2.56. The maximum atomic E-state index is 12.0. The van der Waals surface area contributed by atoms with E-state index in [1.165, 1.54) is 13.8 Å². The summed E-state index contributed by atoms with van der Waals surface area (Å²) in [7, 11) is -4.03. The molecule has 0 fully saturated rings. The first kappa shape index (κ1) is 14.9. The van der Waals surface area contributed by atoms with E-state index >= 15 is 0 Å². The Labute approximate surface area is 108 Å². The van der Waals surface area contributed by atoms with Crippen molar-refractivity contribution in [3.8, 4) is 0 Å². The van der Waals surface area contributed by atoms with Gasteiger partial charge < -0.3 is 10.1 Å². The second-order valence-electron chi connectivity index (χ2n) is 4.02. The Morgan fingerprint density at radius 2 is 2.11 bits per heavy atom. The zero-order valence-corrected chi connectivity index (χ0v) is 11.7. The zero-order valence-electron chi connectivity index (χ0n) is 10.1. The van der Waals surface area contributed by atoms with Gasteiger partial charge >= 0.3 is 10.8 Å². The molecule has 1 rings (SSSR count). The quantitative estimate of drug-likeness (QED) is 0.721. The molecule has 9 heteroatoms. The lowest BCUT2D eigenvalue weighted by Crippen LogP contribution is -2.51. The molecule has 1 heterocycles. The number of aryl methyl sites for hydroxylation is 1. The lowest BCUT2D eigenvalue weighted by atomic mass is 10.0. The molecule has 0 aliphatic heterocycles. The van der Waals surface area contributed by atoms with Gasteiger partial charge in [0.15, 0.2) is 4.21 Å². The van der Waals surface area contributed by atoms with E-state index in [2.05, 4.69) is 9.71 Å². The van der Waals surface area contributed by atoms with Crippen LogP contribution in [0, 0.1) is 6.92 Å². The molecule has 0 bridgehead atoms. The van der Waals surface area contributed by atoms with Crippen LogP contribution >= 0.6 is 11.3 Å². The fourth-order valence-electron chi connectivity index (χ4n) is 1.26. The van der Waals surface area contributed by atoms with E-state index in [-0.39, 0.29) is 16.3 Å². The number of H-pyrrole nitrogens is 1. The number of sulfonamides is 1. The molecule has 0 aromatic carbocycles. The normalized spacial score (nSPS) is 15.3. The van der Waals surface area contributed by atoms with Crippen LogP contribution < -0.4 is 9.60 Å². The summed E-state index contributed by atoms with van der Waals surface area (Å²) in [5, 5.41) is 9.02. The van der Waals surface area contributed by atoms with Crippen molar-refractivity contribution < 1.29 is 18.3 Å². The molecule has 0 saturated heterocycles. The van der Waals surface area contributed by atoms with Crippen LogP contribution in [-0.2, 0) is 14.8 Å². The Balaban J connectivity index is 3.21. The Bertz CT molecular complexity index is 615. The van der Waals surface area contributed by atoms with Crippen LogP contribution in [0.3, 0.4) is 0 Å². The summed E-state index contributed by atoms with van der Waals surface area (Å²) in [5.74, 6) is -1.27. The fraction of sp³-hybridized carbons (Fsp3) is 0.556. The first-order chi connectivity index (χ1) is 8.12. The largest absolute Gasteiger partial charge is 0.480 e. The number of aromatic nitrogens is 1. The molecule has 3 N–H and O–H groups in total. The van der Waals surface area contributed by atoms with E-state index in [9.17, 15) is 18.0 Å². The highest BCUT2D eigenvalue weighted by Crippen LogP contribution is 2.20. The van der Waals surface area contributed by atoms with Crippen LogP contribution in [-0.4, -0.2) is 30.0 Å². The van der Waals surface area contributed by atoms with Crippen molar-refractivity contribution in [3.63, 3.8) is 0 Å². The van der Waals surface area contributed by atoms with Gasteiger partial charge in [0.25, 0.3) is 10.0 Å². The molecule has 1 aromatic rings. The van der Waals surface area contributed by atoms with Crippen LogP contribution in [0.1, 0.15) is 26.0 Å². The molecule has 0 spiro atoms. The molecule has 0 saturated carbocycles. The van der Waals surface area contributed by atoms with Crippen LogP contribution in [0.4, 0.5) is 0 Å². The minimum absolute atomic E-state index is 0.0833. The number of carboxylic acid groups (broad SMARTS) is 1. The molecule has 0 radical (unpaired) electrons. The molecule has 7 nitrogen and oxygen atoms in total. The Kier molecular flexibility index (Phi) is 3.99. The Morgan fingerprint density at radius 3 is 2.44 bits per heavy atom. The summed E-state index contributed by atoms with van der Waals surface area (Å²) in [6.07, 6.45) is 0.0833. The Morgan fingerprint density at radius 1 is 1.56 bits per heavy atom. The van der Waals surface area contributed by atoms with Crippen molar-refractivity contribution in [1.82, 2.24) is 9.71 Å². The molecule has 0 amide bonds.